The van der Waals surface area contributed by atoms with E-state index in [-0.39, 0.29) is 42.2 Å². The fourth-order valence-electron chi connectivity index (χ4n) is 1.41. The highest BCUT2D eigenvalue weighted by Gasteiger charge is 2.21. The normalized spacial score (nSPS) is 11.4. The highest BCUT2D eigenvalue weighted by atomic mass is 32.2. The molecule has 1 amide bonds. The number of nitrogens with one attached hydrogen (secondary N) is 2. The molecule has 0 aliphatic carbocycles. The summed E-state index contributed by atoms with van der Waals surface area (Å²) in [4.78, 5) is 25.5. The van der Waals surface area contributed by atoms with Crippen molar-refractivity contribution in [2.45, 2.75) is 25.3 Å². The van der Waals surface area contributed by atoms with Crippen molar-refractivity contribution >= 4 is 38.4 Å². The van der Waals surface area contributed by atoms with E-state index in [1.165, 1.54) is 6.92 Å². The monoisotopic (exact) mass is 351 g/mol. The van der Waals surface area contributed by atoms with Gasteiger partial charge < -0.3 is 15.2 Å². The summed E-state index contributed by atoms with van der Waals surface area (Å²) in [6, 6.07) is 0. The van der Waals surface area contributed by atoms with Gasteiger partial charge in [-0.05, 0) is 6.92 Å². The number of thiazole rings is 1. The number of anilines is 1. The van der Waals surface area contributed by atoms with Gasteiger partial charge in [0.25, 0.3) is 10.0 Å². The molecule has 22 heavy (non-hydrogen) atoms. The zero-order chi connectivity index (χ0) is 16.8. The molecular weight excluding hydrogens is 334 g/mol. The summed E-state index contributed by atoms with van der Waals surface area (Å²) in [5, 5.41) is 10.9. The SMILES string of the molecule is CC(=O)Nc1nc(S(=O)(=O)NCCOCCC(=O)O)c(C)s1. The molecule has 1 aromatic rings. The maximum Gasteiger partial charge on any atom is 0.305 e. The van der Waals surface area contributed by atoms with E-state index in [4.69, 9.17) is 9.84 Å². The smallest absolute Gasteiger partial charge is 0.305 e. The number of amides is 1. The third-order valence-corrected chi connectivity index (χ3v) is 4.80. The van der Waals surface area contributed by atoms with Gasteiger partial charge in [-0.1, -0.05) is 0 Å². The number of carboxylic acids is 1. The molecule has 3 N–H and O–H groups in total. The molecule has 1 rings (SSSR count). The number of nitrogens with zero attached hydrogens (tertiary/aromatic N) is 1. The van der Waals surface area contributed by atoms with Crippen LogP contribution in [-0.4, -0.2) is 50.1 Å². The largest absolute Gasteiger partial charge is 0.481 e. The van der Waals surface area contributed by atoms with Crippen LogP contribution in [0.1, 0.15) is 18.2 Å². The number of carboxylic acid groups (broad SMARTS) is 1. The first-order valence-corrected chi connectivity index (χ1v) is 8.56. The molecule has 1 aromatic heterocycles. The van der Waals surface area contributed by atoms with E-state index >= 15 is 0 Å². The lowest BCUT2D eigenvalue weighted by Crippen LogP contribution is -2.28. The minimum atomic E-state index is -3.81. The summed E-state index contributed by atoms with van der Waals surface area (Å²) in [7, 11) is -3.81. The summed E-state index contributed by atoms with van der Waals surface area (Å²) >= 11 is 1.06. The number of ether oxygens (including phenoxy) is 1. The fourth-order valence-corrected chi connectivity index (χ4v) is 3.76. The number of sulfonamides is 1. The topological polar surface area (TPSA) is 135 Å². The Hall–Kier alpha value is -1.56. The Bertz CT molecular complexity index is 640. The third kappa shape index (κ3) is 6.05. The standard InChI is InChI=1S/C11H17N3O6S2/c1-7-10(14-11(21-7)13-8(2)15)22(18,19)12-4-6-20-5-3-9(16)17/h12H,3-6H2,1-2H3,(H,16,17)(H,13,14,15). The van der Waals surface area contributed by atoms with E-state index in [1.807, 2.05) is 0 Å². The van der Waals surface area contributed by atoms with Crippen LogP contribution >= 0.6 is 11.3 Å². The van der Waals surface area contributed by atoms with E-state index in [9.17, 15) is 18.0 Å². The summed E-state index contributed by atoms with van der Waals surface area (Å²) in [5.74, 6) is -1.32. The number of carbonyl (C=O) groups excluding carboxylic acids is 1. The van der Waals surface area contributed by atoms with Gasteiger partial charge in [0.1, 0.15) is 0 Å². The lowest BCUT2D eigenvalue weighted by molar-refractivity contribution is -0.138. The van der Waals surface area contributed by atoms with Crippen molar-refractivity contribution in [1.29, 1.82) is 0 Å². The number of rotatable bonds is 9. The first-order valence-electron chi connectivity index (χ1n) is 6.26. The Morgan fingerprint density at radius 1 is 1.36 bits per heavy atom. The van der Waals surface area contributed by atoms with Crippen molar-refractivity contribution in [1.82, 2.24) is 9.71 Å². The van der Waals surface area contributed by atoms with Crippen molar-refractivity contribution in [2.75, 3.05) is 25.1 Å². The highest BCUT2D eigenvalue weighted by molar-refractivity contribution is 7.89. The van der Waals surface area contributed by atoms with Gasteiger partial charge in [-0.2, -0.15) is 0 Å². The molecule has 0 unspecified atom stereocenters. The molecule has 0 bridgehead atoms. The first-order chi connectivity index (χ1) is 10.2. The van der Waals surface area contributed by atoms with Crippen molar-refractivity contribution < 1.29 is 27.9 Å². The van der Waals surface area contributed by atoms with Gasteiger partial charge in [0.15, 0.2) is 10.2 Å². The molecule has 11 heteroatoms. The van der Waals surface area contributed by atoms with Crippen molar-refractivity contribution in [3.63, 3.8) is 0 Å². The van der Waals surface area contributed by atoms with Gasteiger partial charge >= 0.3 is 5.97 Å². The minimum absolute atomic E-state index is 0.00557. The molecule has 0 aliphatic rings. The van der Waals surface area contributed by atoms with Gasteiger partial charge in [-0.3, -0.25) is 9.59 Å². The summed E-state index contributed by atoms with van der Waals surface area (Å²) < 4.78 is 31.4. The second-order valence-corrected chi connectivity index (χ2v) is 7.10. The predicted octanol–water partition coefficient (Wildman–Crippen LogP) is 0.180. The van der Waals surface area contributed by atoms with Gasteiger partial charge in [0.05, 0.1) is 19.6 Å². The molecule has 0 saturated carbocycles. The van der Waals surface area contributed by atoms with Crippen LogP contribution in [0, 0.1) is 6.92 Å². The van der Waals surface area contributed by atoms with Gasteiger partial charge in [0, 0.05) is 18.3 Å². The Kier molecular flexibility index (Phi) is 6.87. The van der Waals surface area contributed by atoms with Crippen LogP contribution in [0.15, 0.2) is 5.03 Å². The number of aryl methyl sites for hydroxylation is 1. The van der Waals surface area contributed by atoms with Gasteiger partial charge in [-0.25, -0.2) is 18.1 Å². The number of aromatic nitrogens is 1. The lowest BCUT2D eigenvalue weighted by Gasteiger charge is -2.05. The van der Waals surface area contributed by atoms with E-state index in [0.29, 0.717) is 4.88 Å². The molecule has 0 atom stereocenters. The van der Waals surface area contributed by atoms with Gasteiger partial charge in [0.2, 0.25) is 5.91 Å². The van der Waals surface area contributed by atoms with E-state index in [0.717, 1.165) is 11.3 Å². The molecule has 0 fully saturated rings. The zero-order valence-corrected chi connectivity index (χ0v) is 13.7. The van der Waals surface area contributed by atoms with Crippen molar-refractivity contribution in [2.24, 2.45) is 0 Å². The molecule has 9 nitrogen and oxygen atoms in total. The van der Waals surface area contributed by atoms with Crippen LogP contribution in [0.25, 0.3) is 0 Å². The second kappa shape index (κ2) is 8.17. The molecule has 0 saturated heterocycles. The Morgan fingerprint density at radius 2 is 2.05 bits per heavy atom. The quantitative estimate of drug-likeness (QED) is 0.540. The number of hydrogen-bond donors (Lipinski definition) is 3. The lowest BCUT2D eigenvalue weighted by atomic mass is 10.5. The molecule has 0 aliphatic heterocycles. The first kappa shape index (κ1) is 18.5. The third-order valence-electron chi connectivity index (χ3n) is 2.29. The Morgan fingerprint density at radius 3 is 2.64 bits per heavy atom. The molecule has 124 valence electrons. The molecule has 0 spiro atoms. The number of aliphatic carboxylic acids is 1. The summed E-state index contributed by atoms with van der Waals surface area (Å²) in [6.45, 7) is 2.95. The highest BCUT2D eigenvalue weighted by Crippen LogP contribution is 2.25. The second-order valence-electron chi connectivity index (χ2n) is 4.22. The average Bonchev–Trinajstić information content (AvgIpc) is 2.74. The van der Waals surface area contributed by atoms with E-state index in [1.54, 1.807) is 6.92 Å². The maximum atomic E-state index is 12.1. The summed E-state index contributed by atoms with van der Waals surface area (Å²) in [6.07, 6.45) is -0.141. The van der Waals surface area contributed by atoms with E-state index < -0.39 is 16.0 Å². The zero-order valence-electron chi connectivity index (χ0n) is 12.1. The molecule has 1 heterocycles. The Balaban J connectivity index is 2.54. The number of hydrogen-bond acceptors (Lipinski definition) is 7. The average molecular weight is 351 g/mol. The molecule has 0 radical (unpaired) electrons. The van der Waals surface area contributed by atoms with Crippen LogP contribution in [-0.2, 0) is 24.3 Å². The maximum absolute atomic E-state index is 12.1. The van der Waals surface area contributed by atoms with E-state index in [2.05, 4.69) is 15.0 Å². The Labute approximate surface area is 131 Å². The fraction of sp³-hybridized carbons (Fsp3) is 0.545. The van der Waals surface area contributed by atoms with Gasteiger partial charge in [-0.15, -0.1) is 11.3 Å². The molecular formula is C11H17N3O6S2. The molecule has 0 aromatic carbocycles. The van der Waals surface area contributed by atoms with Crippen molar-refractivity contribution in [3.05, 3.63) is 4.88 Å². The van der Waals surface area contributed by atoms with Crippen LogP contribution < -0.4 is 10.0 Å². The van der Waals surface area contributed by atoms with Crippen LogP contribution in [0.4, 0.5) is 5.13 Å². The minimum Gasteiger partial charge on any atom is -0.481 e. The van der Waals surface area contributed by atoms with Crippen LogP contribution in [0.2, 0.25) is 0 Å². The predicted molar refractivity (Wildman–Crippen MR) is 79.4 cm³/mol. The van der Waals surface area contributed by atoms with Crippen LogP contribution in [0.3, 0.4) is 0 Å². The van der Waals surface area contributed by atoms with Crippen LogP contribution in [0.5, 0.6) is 0 Å². The summed E-state index contributed by atoms with van der Waals surface area (Å²) in [5.41, 5.74) is 0. The number of carbonyl (C=O) groups is 2. The van der Waals surface area contributed by atoms with Crippen molar-refractivity contribution in [3.8, 4) is 0 Å².